The molecule has 0 saturated heterocycles. The molecular weight excluding hydrogens is 364 g/mol. The second kappa shape index (κ2) is 13.7. The number of methoxy groups -OCH3 is 1. The average molecular weight is 390 g/mol. The molecule has 148 valence electrons. The summed E-state index contributed by atoms with van der Waals surface area (Å²) in [5, 5.41) is 0. The molecular formula is C17H26O8S. The summed E-state index contributed by atoms with van der Waals surface area (Å²) < 4.78 is 48.6. The largest absolute Gasteiger partial charge is 0.469 e. The molecule has 0 aromatic heterocycles. The van der Waals surface area contributed by atoms with Gasteiger partial charge in [0.2, 0.25) is 0 Å². The average Bonchev–Trinajstić information content (AvgIpc) is 2.62. The van der Waals surface area contributed by atoms with E-state index in [9.17, 15) is 13.2 Å². The van der Waals surface area contributed by atoms with Crippen molar-refractivity contribution < 1.29 is 36.3 Å². The highest BCUT2D eigenvalue weighted by Crippen LogP contribution is 2.06. The van der Waals surface area contributed by atoms with Crippen LogP contribution >= 0.6 is 0 Å². The molecule has 1 aromatic carbocycles. The van der Waals surface area contributed by atoms with Crippen LogP contribution in [0.5, 0.6) is 0 Å². The Morgan fingerprint density at radius 3 is 1.96 bits per heavy atom. The quantitative estimate of drug-likeness (QED) is 0.250. The van der Waals surface area contributed by atoms with Gasteiger partial charge in [-0.1, -0.05) is 30.3 Å². The number of benzene rings is 1. The topological polar surface area (TPSA) is 97.4 Å². The van der Waals surface area contributed by atoms with Crippen LogP contribution in [-0.2, 0) is 43.8 Å². The fourth-order valence-corrected chi connectivity index (χ4v) is 2.85. The first-order valence-corrected chi connectivity index (χ1v) is 9.82. The molecule has 0 atom stereocenters. The van der Waals surface area contributed by atoms with Gasteiger partial charge >= 0.3 is 5.97 Å². The predicted molar refractivity (Wildman–Crippen MR) is 94.1 cm³/mol. The van der Waals surface area contributed by atoms with E-state index in [0.29, 0.717) is 38.6 Å². The van der Waals surface area contributed by atoms with Gasteiger partial charge in [-0.05, 0) is 5.56 Å². The summed E-state index contributed by atoms with van der Waals surface area (Å²) in [6.45, 7) is 1.85. The third-order valence-corrected chi connectivity index (χ3v) is 4.31. The second-order valence-electron chi connectivity index (χ2n) is 5.17. The van der Waals surface area contributed by atoms with E-state index in [4.69, 9.17) is 18.4 Å². The molecule has 0 bridgehead atoms. The Balaban J connectivity index is 1.92. The number of hydrogen-bond acceptors (Lipinski definition) is 8. The van der Waals surface area contributed by atoms with Crippen LogP contribution in [0.3, 0.4) is 0 Å². The zero-order valence-electron chi connectivity index (χ0n) is 14.9. The standard InChI is InChI=1S/C17H26O8S/c1-21-17(18)7-8-22-9-10-23-11-12-24-13-14-25-26(19,20)15-16-5-3-2-4-6-16/h2-6H,7-15H2,1H3. The van der Waals surface area contributed by atoms with Crippen LogP contribution < -0.4 is 0 Å². The van der Waals surface area contributed by atoms with Gasteiger partial charge in [0.25, 0.3) is 10.1 Å². The molecule has 0 saturated carbocycles. The lowest BCUT2D eigenvalue weighted by atomic mass is 10.2. The Hall–Kier alpha value is -1.52. The number of carbonyl (C=O) groups excluding carboxylic acids is 1. The molecule has 0 N–H and O–H groups in total. The van der Waals surface area contributed by atoms with Gasteiger partial charge in [-0.3, -0.25) is 8.98 Å². The van der Waals surface area contributed by atoms with E-state index in [-0.39, 0.29) is 31.4 Å². The van der Waals surface area contributed by atoms with Gasteiger partial charge in [-0.15, -0.1) is 0 Å². The Morgan fingerprint density at radius 2 is 1.38 bits per heavy atom. The Kier molecular flexibility index (Phi) is 11.8. The number of hydrogen-bond donors (Lipinski definition) is 0. The van der Waals surface area contributed by atoms with Crippen LogP contribution in [0.25, 0.3) is 0 Å². The zero-order valence-corrected chi connectivity index (χ0v) is 15.7. The number of esters is 1. The molecule has 1 aromatic rings. The molecule has 0 aliphatic carbocycles. The second-order valence-corrected chi connectivity index (χ2v) is 6.81. The number of rotatable bonds is 15. The smallest absolute Gasteiger partial charge is 0.307 e. The third kappa shape index (κ3) is 11.9. The molecule has 0 amide bonds. The summed E-state index contributed by atoms with van der Waals surface area (Å²) in [4.78, 5) is 10.8. The van der Waals surface area contributed by atoms with Gasteiger partial charge in [0.15, 0.2) is 0 Å². The van der Waals surface area contributed by atoms with E-state index in [0.717, 1.165) is 0 Å². The van der Waals surface area contributed by atoms with Crippen LogP contribution in [0, 0.1) is 0 Å². The maximum absolute atomic E-state index is 11.8. The molecule has 8 nitrogen and oxygen atoms in total. The molecule has 0 heterocycles. The minimum Gasteiger partial charge on any atom is -0.469 e. The van der Waals surface area contributed by atoms with Crippen molar-refractivity contribution in [3.63, 3.8) is 0 Å². The molecule has 0 fully saturated rings. The van der Waals surface area contributed by atoms with Crippen LogP contribution in [0.4, 0.5) is 0 Å². The van der Waals surface area contributed by atoms with Crippen LogP contribution in [0.2, 0.25) is 0 Å². The van der Waals surface area contributed by atoms with Gasteiger partial charge in [0, 0.05) is 0 Å². The van der Waals surface area contributed by atoms with Crippen molar-refractivity contribution in [1.29, 1.82) is 0 Å². The van der Waals surface area contributed by atoms with E-state index in [1.165, 1.54) is 7.11 Å². The van der Waals surface area contributed by atoms with Crippen molar-refractivity contribution in [2.45, 2.75) is 12.2 Å². The van der Waals surface area contributed by atoms with E-state index < -0.39 is 10.1 Å². The first-order valence-electron chi connectivity index (χ1n) is 8.24. The number of ether oxygens (including phenoxy) is 4. The molecule has 0 radical (unpaired) electrons. The van der Waals surface area contributed by atoms with E-state index >= 15 is 0 Å². The maximum Gasteiger partial charge on any atom is 0.307 e. The van der Waals surface area contributed by atoms with Gasteiger partial charge in [0.05, 0.1) is 59.8 Å². The van der Waals surface area contributed by atoms with E-state index in [1.807, 2.05) is 6.07 Å². The summed E-state index contributed by atoms with van der Waals surface area (Å²) in [6, 6.07) is 8.83. The summed E-state index contributed by atoms with van der Waals surface area (Å²) in [5.41, 5.74) is 0.677. The zero-order chi connectivity index (χ0) is 19.1. The van der Waals surface area contributed by atoms with Crippen molar-refractivity contribution in [1.82, 2.24) is 0 Å². The molecule has 0 unspecified atom stereocenters. The fraction of sp³-hybridized carbons (Fsp3) is 0.588. The minimum absolute atomic E-state index is 0.0359. The summed E-state index contributed by atoms with van der Waals surface area (Å²) in [5.74, 6) is -0.472. The van der Waals surface area contributed by atoms with Crippen molar-refractivity contribution >= 4 is 16.1 Å². The maximum atomic E-state index is 11.8. The predicted octanol–water partition coefficient (Wildman–Crippen LogP) is 1.15. The summed E-state index contributed by atoms with van der Waals surface area (Å²) in [7, 11) is -2.29. The minimum atomic E-state index is -3.61. The molecule has 26 heavy (non-hydrogen) atoms. The van der Waals surface area contributed by atoms with Crippen molar-refractivity contribution in [3.8, 4) is 0 Å². The lowest BCUT2D eigenvalue weighted by molar-refractivity contribution is -0.141. The highest BCUT2D eigenvalue weighted by molar-refractivity contribution is 7.85. The summed E-state index contributed by atoms with van der Waals surface area (Å²) >= 11 is 0. The Morgan fingerprint density at radius 1 is 0.846 bits per heavy atom. The van der Waals surface area contributed by atoms with Crippen LogP contribution in [-0.4, -0.2) is 67.7 Å². The highest BCUT2D eigenvalue weighted by Gasteiger charge is 2.11. The van der Waals surface area contributed by atoms with Crippen molar-refractivity contribution in [2.24, 2.45) is 0 Å². The Labute approximate surface area is 154 Å². The lowest BCUT2D eigenvalue weighted by Gasteiger charge is -2.08. The first-order chi connectivity index (χ1) is 12.5. The highest BCUT2D eigenvalue weighted by atomic mass is 32.2. The third-order valence-electron chi connectivity index (χ3n) is 3.10. The normalized spacial score (nSPS) is 11.4. The monoisotopic (exact) mass is 390 g/mol. The van der Waals surface area contributed by atoms with Gasteiger partial charge < -0.3 is 18.9 Å². The fourth-order valence-electron chi connectivity index (χ4n) is 1.84. The molecule has 9 heteroatoms. The molecule has 0 spiro atoms. The SMILES string of the molecule is COC(=O)CCOCCOCCOCCOS(=O)(=O)Cc1ccccc1. The van der Waals surface area contributed by atoms with E-state index in [1.54, 1.807) is 24.3 Å². The molecule has 0 aliphatic rings. The van der Waals surface area contributed by atoms with Crippen molar-refractivity contribution in [3.05, 3.63) is 35.9 Å². The summed E-state index contributed by atoms with van der Waals surface area (Å²) in [6.07, 6.45) is 0.215. The first kappa shape index (κ1) is 22.5. The van der Waals surface area contributed by atoms with Crippen molar-refractivity contribution in [2.75, 3.05) is 53.4 Å². The van der Waals surface area contributed by atoms with E-state index in [2.05, 4.69) is 4.74 Å². The van der Waals surface area contributed by atoms with Gasteiger partial charge in [-0.25, -0.2) is 0 Å². The number of carbonyl (C=O) groups is 1. The van der Waals surface area contributed by atoms with Gasteiger partial charge in [-0.2, -0.15) is 8.42 Å². The van der Waals surface area contributed by atoms with Gasteiger partial charge in [0.1, 0.15) is 5.75 Å². The molecule has 1 rings (SSSR count). The molecule has 0 aliphatic heterocycles. The lowest BCUT2D eigenvalue weighted by Crippen LogP contribution is -2.15. The van der Waals surface area contributed by atoms with Crippen LogP contribution in [0.15, 0.2) is 30.3 Å². The Bertz CT molecular complexity index is 588. The van der Waals surface area contributed by atoms with Crippen LogP contribution in [0.1, 0.15) is 12.0 Å².